The van der Waals surface area contributed by atoms with Crippen molar-refractivity contribution in [3.8, 4) is 0 Å². The Balaban J connectivity index is 0.00000320. The molecule has 0 atom stereocenters. The Hall–Kier alpha value is -1.39. The highest BCUT2D eigenvalue weighted by Gasteiger charge is 2.16. The molecule has 3 rings (SSSR count). The number of benzene rings is 1. The fourth-order valence-electron chi connectivity index (χ4n) is 3.97. The van der Waals surface area contributed by atoms with E-state index in [1.165, 1.54) is 30.4 Å². The molecule has 30 heavy (non-hydrogen) atoms. The lowest BCUT2D eigenvalue weighted by Crippen LogP contribution is -2.45. The molecule has 8 heteroatoms. The third kappa shape index (κ3) is 8.39. The van der Waals surface area contributed by atoms with Gasteiger partial charge >= 0.3 is 0 Å². The van der Waals surface area contributed by atoms with E-state index >= 15 is 0 Å². The molecule has 1 aliphatic carbocycles. The fourth-order valence-corrected chi connectivity index (χ4v) is 3.97. The summed E-state index contributed by atoms with van der Waals surface area (Å²) in [5, 5.41) is 9.59. The quantitative estimate of drug-likeness (QED) is 0.287. The Morgan fingerprint density at radius 1 is 1.10 bits per heavy atom. The van der Waals surface area contributed by atoms with Crippen LogP contribution in [0.15, 0.2) is 29.3 Å². The van der Waals surface area contributed by atoms with Gasteiger partial charge in [0.25, 0.3) is 0 Å². The predicted molar refractivity (Wildman–Crippen MR) is 131 cm³/mol. The minimum atomic E-state index is 0. The molecule has 1 saturated heterocycles. The first-order valence-electron chi connectivity index (χ1n) is 10.9. The molecule has 0 radical (unpaired) electrons. The SMILES string of the molecule is CN=C(NCC(=O)NC1CCCCC1)NCc1ccccc1CN1CCOCC1.I. The van der Waals surface area contributed by atoms with Crippen molar-refractivity contribution in [1.82, 2.24) is 20.9 Å². The maximum absolute atomic E-state index is 12.2. The van der Waals surface area contributed by atoms with E-state index in [1.54, 1.807) is 7.05 Å². The second-order valence-corrected chi connectivity index (χ2v) is 7.84. The van der Waals surface area contributed by atoms with Crippen LogP contribution < -0.4 is 16.0 Å². The number of nitrogens with one attached hydrogen (secondary N) is 3. The Labute approximate surface area is 197 Å². The summed E-state index contributed by atoms with van der Waals surface area (Å²) in [6.07, 6.45) is 5.91. The molecule has 1 saturated carbocycles. The summed E-state index contributed by atoms with van der Waals surface area (Å²) in [5.41, 5.74) is 2.56. The van der Waals surface area contributed by atoms with E-state index in [2.05, 4.69) is 50.1 Å². The zero-order valence-electron chi connectivity index (χ0n) is 18.0. The monoisotopic (exact) mass is 529 g/mol. The number of hydrogen-bond acceptors (Lipinski definition) is 4. The second-order valence-electron chi connectivity index (χ2n) is 7.84. The average Bonchev–Trinajstić information content (AvgIpc) is 2.76. The number of nitrogens with zero attached hydrogens (tertiary/aromatic N) is 2. The number of guanidine groups is 1. The van der Waals surface area contributed by atoms with Gasteiger partial charge in [0.05, 0.1) is 19.8 Å². The van der Waals surface area contributed by atoms with Gasteiger partial charge in [-0.3, -0.25) is 14.7 Å². The van der Waals surface area contributed by atoms with E-state index in [0.717, 1.165) is 45.7 Å². The van der Waals surface area contributed by atoms with Crippen molar-refractivity contribution < 1.29 is 9.53 Å². The molecular weight excluding hydrogens is 493 g/mol. The van der Waals surface area contributed by atoms with E-state index in [-0.39, 0.29) is 36.4 Å². The van der Waals surface area contributed by atoms with Crippen LogP contribution in [0.1, 0.15) is 43.2 Å². The van der Waals surface area contributed by atoms with Crippen molar-refractivity contribution in [2.75, 3.05) is 39.9 Å². The Bertz CT molecular complexity index is 673. The van der Waals surface area contributed by atoms with Crippen molar-refractivity contribution in [3.63, 3.8) is 0 Å². The van der Waals surface area contributed by atoms with Crippen LogP contribution in [0.5, 0.6) is 0 Å². The molecule has 3 N–H and O–H groups in total. The normalized spacial score (nSPS) is 18.4. The van der Waals surface area contributed by atoms with Crippen LogP contribution in [0.2, 0.25) is 0 Å². The van der Waals surface area contributed by atoms with Gasteiger partial charge in [0.15, 0.2) is 5.96 Å². The number of carbonyl (C=O) groups excluding carboxylic acids is 1. The van der Waals surface area contributed by atoms with Crippen LogP contribution in [0, 0.1) is 0 Å². The Kier molecular flexibility index (Phi) is 11.5. The summed E-state index contributed by atoms with van der Waals surface area (Å²) in [7, 11) is 1.73. The van der Waals surface area contributed by atoms with Crippen molar-refractivity contribution in [2.45, 2.75) is 51.2 Å². The average molecular weight is 529 g/mol. The number of halogens is 1. The zero-order valence-corrected chi connectivity index (χ0v) is 20.3. The molecule has 2 aliphatic rings. The molecule has 1 aromatic rings. The number of hydrogen-bond donors (Lipinski definition) is 3. The van der Waals surface area contributed by atoms with Crippen LogP contribution in [0.3, 0.4) is 0 Å². The smallest absolute Gasteiger partial charge is 0.239 e. The van der Waals surface area contributed by atoms with Gasteiger partial charge in [-0.15, -0.1) is 24.0 Å². The van der Waals surface area contributed by atoms with Gasteiger partial charge in [-0.1, -0.05) is 43.5 Å². The molecule has 0 aromatic heterocycles. The molecular formula is C22H36IN5O2. The molecule has 0 bridgehead atoms. The van der Waals surface area contributed by atoms with Gasteiger partial charge in [-0.25, -0.2) is 0 Å². The standard InChI is InChI=1S/C22H35N5O2.HI/c1-23-22(25-16-21(28)26-20-9-3-2-4-10-20)24-15-18-7-5-6-8-19(18)17-27-11-13-29-14-12-27;/h5-8,20H,2-4,9-17H2,1H3,(H,26,28)(H2,23,24,25);1H. The topological polar surface area (TPSA) is 78.0 Å². The van der Waals surface area contributed by atoms with Crippen molar-refractivity contribution in [2.24, 2.45) is 4.99 Å². The van der Waals surface area contributed by atoms with E-state index in [9.17, 15) is 4.79 Å². The number of ether oxygens (including phenoxy) is 1. The summed E-state index contributed by atoms with van der Waals surface area (Å²) in [6, 6.07) is 8.81. The van der Waals surface area contributed by atoms with Gasteiger partial charge in [-0.2, -0.15) is 0 Å². The number of carbonyl (C=O) groups is 1. The fraction of sp³-hybridized carbons (Fsp3) is 0.636. The third-order valence-corrected chi connectivity index (χ3v) is 5.67. The lowest BCUT2D eigenvalue weighted by molar-refractivity contribution is -0.120. The lowest BCUT2D eigenvalue weighted by atomic mass is 9.95. The maximum atomic E-state index is 12.2. The maximum Gasteiger partial charge on any atom is 0.239 e. The van der Waals surface area contributed by atoms with Gasteiger partial charge in [0.2, 0.25) is 5.91 Å². The highest BCUT2D eigenvalue weighted by atomic mass is 127. The van der Waals surface area contributed by atoms with Crippen LogP contribution in [-0.4, -0.2) is 62.7 Å². The third-order valence-electron chi connectivity index (χ3n) is 5.67. The largest absolute Gasteiger partial charge is 0.379 e. The van der Waals surface area contributed by atoms with Crippen molar-refractivity contribution in [3.05, 3.63) is 35.4 Å². The summed E-state index contributed by atoms with van der Waals surface area (Å²) in [6.45, 7) is 5.40. The van der Waals surface area contributed by atoms with Gasteiger partial charge in [0.1, 0.15) is 0 Å². The number of aliphatic imine (C=N–C) groups is 1. The van der Waals surface area contributed by atoms with Crippen molar-refractivity contribution >= 4 is 35.8 Å². The van der Waals surface area contributed by atoms with Gasteiger partial charge in [0, 0.05) is 39.3 Å². The highest BCUT2D eigenvalue weighted by molar-refractivity contribution is 14.0. The molecule has 1 amide bonds. The van der Waals surface area contributed by atoms with Crippen LogP contribution >= 0.6 is 24.0 Å². The minimum Gasteiger partial charge on any atom is -0.379 e. The van der Waals surface area contributed by atoms with E-state index in [0.29, 0.717) is 18.5 Å². The number of amides is 1. The molecule has 1 heterocycles. The van der Waals surface area contributed by atoms with Crippen LogP contribution in [0.25, 0.3) is 0 Å². The first-order valence-corrected chi connectivity index (χ1v) is 10.9. The predicted octanol–water partition coefficient (Wildman–Crippen LogP) is 2.25. The first kappa shape index (κ1) is 24.9. The molecule has 1 aliphatic heterocycles. The Morgan fingerprint density at radius 2 is 1.80 bits per heavy atom. The lowest BCUT2D eigenvalue weighted by Gasteiger charge is -2.27. The van der Waals surface area contributed by atoms with Crippen LogP contribution in [0.4, 0.5) is 0 Å². The van der Waals surface area contributed by atoms with E-state index in [1.807, 2.05) is 0 Å². The molecule has 0 unspecified atom stereocenters. The minimum absolute atomic E-state index is 0. The molecule has 168 valence electrons. The summed E-state index contributed by atoms with van der Waals surface area (Å²) < 4.78 is 5.44. The number of morpholine rings is 1. The molecule has 2 fully saturated rings. The molecule has 7 nitrogen and oxygen atoms in total. The van der Waals surface area contributed by atoms with Gasteiger partial charge < -0.3 is 20.7 Å². The summed E-state index contributed by atoms with van der Waals surface area (Å²) in [4.78, 5) is 18.9. The van der Waals surface area contributed by atoms with Crippen LogP contribution in [-0.2, 0) is 22.6 Å². The van der Waals surface area contributed by atoms with E-state index in [4.69, 9.17) is 4.74 Å². The molecule has 0 spiro atoms. The first-order chi connectivity index (χ1) is 14.2. The summed E-state index contributed by atoms with van der Waals surface area (Å²) >= 11 is 0. The van der Waals surface area contributed by atoms with Gasteiger partial charge in [-0.05, 0) is 24.0 Å². The van der Waals surface area contributed by atoms with E-state index < -0.39 is 0 Å². The highest BCUT2D eigenvalue weighted by Crippen LogP contribution is 2.17. The zero-order chi connectivity index (χ0) is 20.3. The summed E-state index contributed by atoms with van der Waals surface area (Å²) in [5.74, 6) is 0.678. The second kappa shape index (κ2) is 13.8. The van der Waals surface area contributed by atoms with Crippen molar-refractivity contribution in [1.29, 1.82) is 0 Å². The molecule has 1 aromatic carbocycles. The number of rotatable bonds is 7. The Morgan fingerprint density at radius 3 is 2.50 bits per heavy atom.